The molecule has 1 fully saturated rings. The Kier molecular flexibility index (Phi) is 8.11. The number of carbonyl (C=O) groups excluding carboxylic acids is 3. The number of aliphatic hydroxyl groups is 3. The van der Waals surface area contributed by atoms with Gasteiger partial charge in [0.1, 0.15) is 29.5 Å². The van der Waals surface area contributed by atoms with Crippen molar-refractivity contribution in [3.63, 3.8) is 0 Å². The van der Waals surface area contributed by atoms with Crippen LogP contribution in [0.2, 0.25) is 0 Å². The van der Waals surface area contributed by atoms with E-state index in [9.17, 15) is 39.9 Å². The summed E-state index contributed by atoms with van der Waals surface area (Å²) in [6, 6.07) is 3.74. The van der Waals surface area contributed by atoms with Crippen molar-refractivity contribution in [2.24, 2.45) is 0 Å². The van der Waals surface area contributed by atoms with E-state index in [0.717, 1.165) is 0 Å². The molecule has 0 aromatic heterocycles. The summed E-state index contributed by atoms with van der Waals surface area (Å²) in [6.07, 6.45) is -5.14. The monoisotopic (exact) mass is 587 g/mol. The van der Waals surface area contributed by atoms with Gasteiger partial charge in [-0.25, -0.2) is 0 Å². The second-order valence-corrected chi connectivity index (χ2v) is 10.7. The molecule has 13 heteroatoms. The van der Waals surface area contributed by atoms with Crippen molar-refractivity contribution in [2.45, 2.75) is 69.4 Å². The van der Waals surface area contributed by atoms with Gasteiger partial charge in [0.15, 0.2) is 17.9 Å². The van der Waals surface area contributed by atoms with E-state index < -0.39 is 95.7 Å². The number of ether oxygens (including phenoxy) is 3. The standard InChI is InChI=1S/C29H33NO12/c1-4-40-30-15-8-19(41-12(2)24(15)33)42-17-10-29(38,18(32)11-31)9-14-21(17)28(37)23-22(26(14)35)25(34)13-6-5-7-16(39-3)20(13)27(23)36/h5-7,12,15,17,19,24,30-31,33,35,37-38H,4,8-11H2,1-3H3/t12?,15?,17-,19?,24?,29-/m0/s1. The van der Waals surface area contributed by atoms with Gasteiger partial charge in [0.25, 0.3) is 0 Å². The second kappa shape index (κ2) is 11.3. The highest BCUT2D eigenvalue weighted by molar-refractivity contribution is 6.31. The van der Waals surface area contributed by atoms with Crippen LogP contribution in [-0.4, -0.2) is 93.3 Å². The van der Waals surface area contributed by atoms with Crippen molar-refractivity contribution < 1.29 is 59.0 Å². The molecule has 1 saturated heterocycles. The number of phenolic OH excluding ortho intramolecular Hbond substituents is 2. The van der Waals surface area contributed by atoms with Gasteiger partial charge in [0.2, 0.25) is 5.78 Å². The van der Waals surface area contributed by atoms with E-state index in [1.54, 1.807) is 13.8 Å². The van der Waals surface area contributed by atoms with Gasteiger partial charge in [-0.05, 0) is 19.9 Å². The Morgan fingerprint density at radius 2 is 1.86 bits per heavy atom. The minimum Gasteiger partial charge on any atom is -0.507 e. The molecule has 2 aliphatic carbocycles. The number of carbonyl (C=O) groups is 3. The third kappa shape index (κ3) is 4.76. The van der Waals surface area contributed by atoms with Crippen molar-refractivity contribution in [1.29, 1.82) is 0 Å². The van der Waals surface area contributed by atoms with Gasteiger partial charge in [0.05, 0.1) is 54.8 Å². The smallest absolute Gasteiger partial charge is 0.202 e. The Hall–Kier alpha value is -3.43. The molecule has 6 N–H and O–H groups in total. The Morgan fingerprint density at radius 1 is 1.14 bits per heavy atom. The van der Waals surface area contributed by atoms with Crippen LogP contribution >= 0.6 is 0 Å². The Labute approximate surface area is 240 Å². The second-order valence-electron chi connectivity index (χ2n) is 10.7. The maximum Gasteiger partial charge on any atom is 0.202 e. The van der Waals surface area contributed by atoms with E-state index in [2.05, 4.69) is 5.48 Å². The van der Waals surface area contributed by atoms with Gasteiger partial charge < -0.3 is 44.6 Å². The zero-order valence-corrected chi connectivity index (χ0v) is 23.2. The first-order chi connectivity index (χ1) is 20.0. The number of aromatic hydroxyl groups is 2. The molecule has 1 aliphatic heterocycles. The lowest BCUT2D eigenvalue weighted by Gasteiger charge is -2.42. The van der Waals surface area contributed by atoms with Crippen LogP contribution in [-0.2, 0) is 25.5 Å². The van der Waals surface area contributed by atoms with Crippen LogP contribution in [0.3, 0.4) is 0 Å². The quantitative estimate of drug-likeness (QED) is 0.158. The number of hydrogen-bond acceptors (Lipinski definition) is 13. The average molecular weight is 588 g/mol. The van der Waals surface area contributed by atoms with E-state index in [1.165, 1.54) is 25.3 Å². The highest BCUT2D eigenvalue weighted by Crippen LogP contribution is 2.52. The van der Waals surface area contributed by atoms with Crippen molar-refractivity contribution in [2.75, 3.05) is 20.3 Å². The number of benzene rings is 2. The molecule has 13 nitrogen and oxygen atoms in total. The van der Waals surface area contributed by atoms with E-state index in [0.29, 0.717) is 6.61 Å². The predicted octanol–water partition coefficient (Wildman–Crippen LogP) is 0.584. The van der Waals surface area contributed by atoms with Gasteiger partial charge in [-0.1, -0.05) is 12.1 Å². The number of rotatable bonds is 8. The molecule has 0 bridgehead atoms. The largest absolute Gasteiger partial charge is 0.507 e. The van der Waals surface area contributed by atoms with Crippen molar-refractivity contribution >= 4 is 17.3 Å². The third-order valence-corrected chi connectivity index (χ3v) is 8.14. The molecule has 226 valence electrons. The summed E-state index contributed by atoms with van der Waals surface area (Å²) in [4.78, 5) is 45.3. The molecule has 3 aliphatic rings. The molecular weight excluding hydrogens is 554 g/mol. The summed E-state index contributed by atoms with van der Waals surface area (Å²) in [6.45, 7) is 2.65. The van der Waals surface area contributed by atoms with E-state index in [4.69, 9.17) is 19.0 Å². The van der Waals surface area contributed by atoms with E-state index >= 15 is 0 Å². The van der Waals surface area contributed by atoms with Crippen LogP contribution in [0.5, 0.6) is 17.2 Å². The molecule has 0 radical (unpaired) electrons. The number of Topliss-reactive ketones (excluding diaryl/α,β-unsaturated/α-hetero) is 1. The molecule has 0 saturated carbocycles. The number of nitrogens with one attached hydrogen (secondary N) is 1. The molecule has 4 unspecified atom stereocenters. The number of aliphatic hydroxyl groups excluding tert-OH is 2. The van der Waals surface area contributed by atoms with Gasteiger partial charge >= 0.3 is 0 Å². The van der Waals surface area contributed by atoms with Crippen LogP contribution in [0.15, 0.2) is 18.2 Å². The number of phenols is 2. The molecule has 2 aromatic rings. The third-order valence-electron chi connectivity index (χ3n) is 8.14. The topological polar surface area (TPSA) is 201 Å². The molecule has 0 amide bonds. The van der Waals surface area contributed by atoms with Crippen LogP contribution in [0.4, 0.5) is 0 Å². The van der Waals surface area contributed by atoms with E-state index in [1.807, 2.05) is 0 Å². The molecule has 1 heterocycles. The first-order valence-corrected chi connectivity index (χ1v) is 13.6. The highest BCUT2D eigenvalue weighted by Gasteiger charge is 2.50. The zero-order valence-electron chi connectivity index (χ0n) is 23.2. The van der Waals surface area contributed by atoms with Crippen molar-refractivity contribution in [1.82, 2.24) is 5.48 Å². The van der Waals surface area contributed by atoms with Gasteiger partial charge in [-0.3, -0.25) is 14.4 Å². The molecule has 6 atom stereocenters. The van der Waals surface area contributed by atoms with Crippen LogP contribution in [0.25, 0.3) is 0 Å². The van der Waals surface area contributed by atoms with Gasteiger partial charge in [0, 0.05) is 36.0 Å². The summed E-state index contributed by atoms with van der Waals surface area (Å²) < 4.78 is 17.3. The number of ketones is 3. The summed E-state index contributed by atoms with van der Waals surface area (Å²) >= 11 is 0. The van der Waals surface area contributed by atoms with Gasteiger partial charge in [-0.2, -0.15) is 5.48 Å². The predicted molar refractivity (Wildman–Crippen MR) is 142 cm³/mol. The van der Waals surface area contributed by atoms with Crippen LogP contribution in [0.1, 0.15) is 75.8 Å². The SMILES string of the molecule is CCONC1CC(O[C@H]2C[C@](O)(C(=O)CO)Cc3c(O)c4c(c(O)c32)C(=O)c2c(OC)cccc2C4=O)OC(C)C1O. The maximum atomic E-state index is 13.7. The first-order valence-electron chi connectivity index (χ1n) is 13.6. The molecule has 0 spiro atoms. The highest BCUT2D eigenvalue weighted by atomic mass is 16.7. The fourth-order valence-electron chi connectivity index (χ4n) is 6.02. The normalized spacial score (nSPS) is 28.6. The maximum absolute atomic E-state index is 13.7. The van der Waals surface area contributed by atoms with Crippen molar-refractivity contribution in [3.8, 4) is 17.2 Å². The molecule has 5 rings (SSSR count). The minimum absolute atomic E-state index is 0.0450. The lowest BCUT2D eigenvalue weighted by molar-refractivity contribution is -0.257. The summed E-state index contributed by atoms with van der Waals surface area (Å²) in [5, 5.41) is 54.5. The number of methoxy groups -OCH3 is 1. The number of hydrogen-bond donors (Lipinski definition) is 6. The summed E-state index contributed by atoms with van der Waals surface area (Å²) in [7, 11) is 1.33. The Morgan fingerprint density at radius 3 is 2.52 bits per heavy atom. The fraction of sp³-hybridized carbons (Fsp3) is 0.483. The lowest BCUT2D eigenvalue weighted by atomic mass is 9.72. The zero-order chi connectivity index (χ0) is 30.5. The molecular formula is C29H33NO12. The fourth-order valence-corrected chi connectivity index (χ4v) is 6.02. The summed E-state index contributed by atoms with van der Waals surface area (Å²) in [5.74, 6) is -3.78. The number of hydroxylamine groups is 1. The van der Waals surface area contributed by atoms with Crippen LogP contribution in [0, 0.1) is 0 Å². The summed E-state index contributed by atoms with van der Waals surface area (Å²) in [5.41, 5.74) is -0.902. The molecule has 2 aromatic carbocycles. The van der Waals surface area contributed by atoms with E-state index in [-0.39, 0.29) is 34.4 Å². The van der Waals surface area contributed by atoms with Crippen LogP contribution < -0.4 is 10.2 Å². The first kappa shape index (κ1) is 30.0. The van der Waals surface area contributed by atoms with Gasteiger partial charge in [-0.15, -0.1) is 0 Å². The Balaban J connectivity index is 1.64. The minimum atomic E-state index is -2.25. The number of fused-ring (bicyclic) bond motifs is 3. The Bertz CT molecular complexity index is 1440. The average Bonchev–Trinajstić information content (AvgIpc) is 2.97. The lowest BCUT2D eigenvalue weighted by Crippen LogP contribution is -2.54. The molecule has 42 heavy (non-hydrogen) atoms. The van der Waals surface area contributed by atoms with Crippen molar-refractivity contribution in [3.05, 3.63) is 51.6 Å².